The standard InChI is InChI=1S/C25H34N4O5/c1-24(2,3)19(22(31)32)27-21(30)18-17-15-28(23(33)34-25(4,5)6)13-10-14-29(17)20(26-18)16-11-8-7-9-12-16/h7-9,11-12,19H,10,13-15H2,1-6H3,(H,27,30)(H,31,32). The first kappa shape index (κ1) is 25.3. The van der Waals surface area contributed by atoms with Crippen LogP contribution in [0.15, 0.2) is 30.3 Å². The normalized spacial score (nSPS) is 15.2. The molecule has 0 fully saturated rings. The van der Waals surface area contributed by atoms with E-state index < -0.39 is 35.0 Å². The van der Waals surface area contributed by atoms with Crippen molar-refractivity contribution in [2.75, 3.05) is 6.54 Å². The summed E-state index contributed by atoms with van der Waals surface area (Å²) in [4.78, 5) is 44.2. The van der Waals surface area contributed by atoms with Gasteiger partial charge in [-0.2, -0.15) is 0 Å². The topological polar surface area (TPSA) is 114 Å². The minimum absolute atomic E-state index is 0.116. The van der Waals surface area contributed by atoms with Crippen LogP contribution in [-0.2, 0) is 22.6 Å². The van der Waals surface area contributed by atoms with Gasteiger partial charge >= 0.3 is 12.1 Å². The van der Waals surface area contributed by atoms with Crippen LogP contribution < -0.4 is 5.32 Å². The number of nitrogens with zero attached hydrogens (tertiary/aromatic N) is 3. The van der Waals surface area contributed by atoms with Gasteiger partial charge in [0.15, 0.2) is 5.69 Å². The number of ether oxygens (including phenoxy) is 1. The Bertz CT molecular complexity index is 1060. The van der Waals surface area contributed by atoms with Gasteiger partial charge in [-0.1, -0.05) is 51.1 Å². The molecule has 0 saturated carbocycles. The fraction of sp³-hybridized carbons (Fsp3) is 0.520. The van der Waals surface area contributed by atoms with E-state index in [1.807, 2.05) is 34.9 Å². The van der Waals surface area contributed by atoms with Gasteiger partial charge in [-0.05, 0) is 32.6 Å². The predicted octanol–water partition coefficient (Wildman–Crippen LogP) is 3.92. The Balaban J connectivity index is 2.04. The third-order valence-corrected chi connectivity index (χ3v) is 5.51. The van der Waals surface area contributed by atoms with E-state index in [9.17, 15) is 19.5 Å². The molecule has 0 saturated heterocycles. The molecule has 1 aromatic carbocycles. The van der Waals surface area contributed by atoms with Crippen LogP contribution in [0.25, 0.3) is 11.4 Å². The van der Waals surface area contributed by atoms with Crippen molar-refractivity contribution in [3.05, 3.63) is 41.7 Å². The quantitative estimate of drug-likeness (QED) is 0.700. The first-order valence-electron chi connectivity index (χ1n) is 11.4. The summed E-state index contributed by atoms with van der Waals surface area (Å²) < 4.78 is 7.51. The molecule has 2 aromatic rings. The van der Waals surface area contributed by atoms with Gasteiger partial charge in [-0.3, -0.25) is 4.79 Å². The van der Waals surface area contributed by atoms with Gasteiger partial charge in [-0.25, -0.2) is 14.6 Å². The summed E-state index contributed by atoms with van der Waals surface area (Å²) in [5, 5.41) is 12.3. The Morgan fingerprint density at radius 3 is 2.26 bits per heavy atom. The Labute approximate surface area is 200 Å². The molecule has 1 aliphatic heterocycles. The van der Waals surface area contributed by atoms with E-state index in [1.165, 1.54) is 0 Å². The second-order valence-corrected chi connectivity index (χ2v) is 10.6. The van der Waals surface area contributed by atoms with E-state index in [4.69, 9.17) is 4.74 Å². The highest BCUT2D eigenvalue weighted by Gasteiger charge is 2.36. The highest BCUT2D eigenvalue weighted by molar-refractivity contribution is 5.97. The molecule has 184 valence electrons. The van der Waals surface area contributed by atoms with Crippen LogP contribution in [0, 0.1) is 5.41 Å². The van der Waals surface area contributed by atoms with Crippen LogP contribution in [0.4, 0.5) is 4.79 Å². The van der Waals surface area contributed by atoms with Crippen LogP contribution in [0.2, 0.25) is 0 Å². The largest absolute Gasteiger partial charge is 0.480 e. The lowest BCUT2D eigenvalue weighted by molar-refractivity contribution is -0.142. The van der Waals surface area contributed by atoms with E-state index in [0.717, 1.165) is 5.56 Å². The van der Waals surface area contributed by atoms with Crippen molar-refractivity contribution in [1.82, 2.24) is 19.8 Å². The van der Waals surface area contributed by atoms with Crippen LogP contribution in [-0.4, -0.2) is 55.7 Å². The molecule has 1 atom stereocenters. The summed E-state index contributed by atoms with van der Waals surface area (Å²) in [6, 6.07) is 8.38. The SMILES string of the molecule is CC(C)(C)OC(=O)N1CCCn2c(-c3ccccc3)nc(C(=O)NC(C(=O)O)C(C)(C)C)c2C1. The second kappa shape index (κ2) is 9.48. The number of carbonyl (C=O) groups excluding carboxylic acids is 2. The summed E-state index contributed by atoms with van der Waals surface area (Å²) in [5.41, 5.74) is 0.144. The van der Waals surface area contributed by atoms with Crippen molar-refractivity contribution in [1.29, 1.82) is 0 Å². The number of aromatic nitrogens is 2. The number of nitrogens with one attached hydrogen (secondary N) is 1. The van der Waals surface area contributed by atoms with Crippen molar-refractivity contribution in [2.24, 2.45) is 5.41 Å². The smallest absolute Gasteiger partial charge is 0.410 e. The molecular weight excluding hydrogens is 436 g/mol. The zero-order valence-corrected chi connectivity index (χ0v) is 20.7. The van der Waals surface area contributed by atoms with E-state index in [2.05, 4.69) is 10.3 Å². The summed E-state index contributed by atoms with van der Waals surface area (Å²) in [7, 11) is 0. The molecule has 2 amide bonds. The van der Waals surface area contributed by atoms with Gasteiger partial charge in [0.05, 0.1) is 12.2 Å². The highest BCUT2D eigenvalue weighted by atomic mass is 16.6. The van der Waals surface area contributed by atoms with Crippen molar-refractivity contribution >= 4 is 18.0 Å². The second-order valence-electron chi connectivity index (χ2n) is 10.6. The predicted molar refractivity (Wildman–Crippen MR) is 127 cm³/mol. The van der Waals surface area contributed by atoms with Gasteiger partial charge in [0.2, 0.25) is 0 Å². The number of fused-ring (bicyclic) bond motifs is 1. The number of benzene rings is 1. The molecule has 9 nitrogen and oxygen atoms in total. The molecule has 1 unspecified atom stereocenters. The Morgan fingerprint density at radius 2 is 1.71 bits per heavy atom. The van der Waals surface area contributed by atoms with E-state index >= 15 is 0 Å². The number of aliphatic carboxylic acids is 1. The first-order chi connectivity index (χ1) is 15.8. The number of carboxylic acid groups (broad SMARTS) is 1. The minimum Gasteiger partial charge on any atom is -0.480 e. The molecule has 3 rings (SSSR count). The number of imidazole rings is 1. The van der Waals surface area contributed by atoms with Crippen molar-refractivity contribution in [3.63, 3.8) is 0 Å². The highest BCUT2D eigenvalue weighted by Crippen LogP contribution is 2.28. The van der Waals surface area contributed by atoms with Gasteiger partial charge in [0.1, 0.15) is 17.5 Å². The average Bonchev–Trinajstić information content (AvgIpc) is 2.93. The minimum atomic E-state index is -1.12. The lowest BCUT2D eigenvalue weighted by atomic mass is 9.86. The molecule has 2 N–H and O–H groups in total. The average molecular weight is 471 g/mol. The maximum absolute atomic E-state index is 13.4. The maximum atomic E-state index is 13.4. The zero-order chi connectivity index (χ0) is 25.3. The monoisotopic (exact) mass is 470 g/mol. The van der Waals surface area contributed by atoms with Crippen LogP contribution >= 0.6 is 0 Å². The Hall–Kier alpha value is -3.36. The summed E-state index contributed by atoms with van der Waals surface area (Å²) in [5.74, 6) is -1.10. The molecule has 0 spiro atoms. The van der Waals surface area contributed by atoms with Crippen LogP contribution in [0.1, 0.15) is 64.1 Å². The number of amides is 2. The van der Waals surface area contributed by atoms with E-state index in [0.29, 0.717) is 31.0 Å². The zero-order valence-electron chi connectivity index (χ0n) is 20.7. The molecule has 1 aliphatic rings. The molecule has 0 aliphatic carbocycles. The first-order valence-corrected chi connectivity index (χ1v) is 11.4. The molecule has 2 heterocycles. The summed E-state index contributed by atoms with van der Waals surface area (Å²) in [6.45, 7) is 11.8. The third-order valence-electron chi connectivity index (χ3n) is 5.51. The maximum Gasteiger partial charge on any atom is 0.410 e. The number of carbonyl (C=O) groups is 3. The Morgan fingerprint density at radius 1 is 1.06 bits per heavy atom. The molecule has 9 heteroatoms. The molecule has 0 bridgehead atoms. The van der Waals surface area contributed by atoms with Gasteiger partial charge < -0.3 is 24.6 Å². The summed E-state index contributed by atoms with van der Waals surface area (Å²) in [6.07, 6.45) is 0.191. The number of hydrogen-bond donors (Lipinski definition) is 2. The molecule has 34 heavy (non-hydrogen) atoms. The third kappa shape index (κ3) is 5.76. The lowest BCUT2D eigenvalue weighted by Gasteiger charge is -2.28. The lowest BCUT2D eigenvalue weighted by Crippen LogP contribution is -2.49. The fourth-order valence-electron chi connectivity index (χ4n) is 3.89. The van der Waals surface area contributed by atoms with Crippen LogP contribution in [0.3, 0.4) is 0 Å². The van der Waals surface area contributed by atoms with E-state index in [1.54, 1.807) is 46.4 Å². The molecule has 1 aromatic heterocycles. The fourth-order valence-corrected chi connectivity index (χ4v) is 3.89. The number of hydrogen-bond acceptors (Lipinski definition) is 5. The van der Waals surface area contributed by atoms with Crippen molar-refractivity contribution in [3.8, 4) is 11.4 Å². The van der Waals surface area contributed by atoms with Crippen molar-refractivity contribution < 1.29 is 24.2 Å². The number of rotatable bonds is 4. The number of carboxylic acids is 1. The Kier molecular flexibility index (Phi) is 7.05. The van der Waals surface area contributed by atoms with Gasteiger partial charge in [-0.15, -0.1) is 0 Å². The van der Waals surface area contributed by atoms with Gasteiger partial charge in [0, 0.05) is 18.7 Å². The van der Waals surface area contributed by atoms with Crippen LogP contribution in [0.5, 0.6) is 0 Å². The molecular formula is C25H34N4O5. The summed E-state index contributed by atoms with van der Waals surface area (Å²) >= 11 is 0. The van der Waals surface area contributed by atoms with Gasteiger partial charge in [0.25, 0.3) is 5.91 Å². The van der Waals surface area contributed by atoms with Crippen molar-refractivity contribution in [2.45, 2.75) is 72.7 Å². The van der Waals surface area contributed by atoms with E-state index in [-0.39, 0.29) is 12.2 Å². The molecule has 0 radical (unpaired) electrons.